The molecule has 3 aromatic heterocycles. The average Bonchev–Trinajstić information content (AvgIpc) is 3.33. The summed E-state index contributed by atoms with van der Waals surface area (Å²) < 4.78 is 12.0. The van der Waals surface area contributed by atoms with Gasteiger partial charge in [0.05, 0.1) is 29.9 Å². The first-order valence-electron chi connectivity index (χ1n) is 9.54. The van der Waals surface area contributed by atoms with Gasteiger partial charge < -0.3 is 14.5 Å². The van der Waals surface area contributed by atoms with Crippen LogP contribution in [0.2, 0.25) is 0 Å². The van der Waals surface area contributed by atoms with Crippen molar-refractivity contribution in [3.05, 3.63) is 60.7 Å². The Morgan fingerprint density at radius 3 is 2.68 bits per heavy atom. The van der Waals surface area contributed by atoms with E-state index in [1.165, 1.54) is 12.4 Å². The minimum Gasteiger partial charge on any atom is -0.447 e. The lowest BCUT2D eigenvalue weighted by molar-refractivity contribution is 0.0995. The lowest BCUT2D eigenvalue weighted by Gasteiger charge is -2.09. The Kier molecular flexibility index (Phi) is 5.35. The summed E-state index contributed by atoms with van der Waals surface area (Å²) in [7, 11) is 0. The van der Waals surface area contributed by atoms with Crippen molar-refractivity contribution in [1.29, 1.82) is 0 Å². The molecule has 0 aliphatic carbocycles. The van der Waals surface area contributed by atoms with E-state index in [2.05, 4.69) is 25.6 Å². The highest BCUT2D eigenvalue weighted by Crippen LogP contribution is 2.23. The van der Waals surface area contributed by atoms with Crippen LogP contribution in [0.3, 0.4) is 0 Å². The highest BCUT2D eigenvalue weighted by atomic mass is 16.6. The standard InChI is InChI=1S/C21H20N6O4/c1-12(2)30-21(29)25-16-8-23-20-26-17(11-27(20)10-16)14-5-4-6-15(7-14)24-19(28)18-9-22-13(3)31-18/h4-12H,1-3H3,(H,24,28)(H,25,29). The number of fused-ring (bicyclic) bond motifs is 1. The number of carbonyl (C=O) groups is 2. The van der Waals surface area contributed by atoms with Gasteiger partial charge in [0.25, 0.3) is 5.91 Å². The Balaban J connectivity index is 1.53. The molecule has 158 valence electrons. The van der Waals surface area contributed by atoms with Crippen molar-refractivity contribution >= 4 is 29.2 Å². The van der Waals surface area contributed by atoms with E-state index in [0.29, 0.717) is 28.7 Å². The van der Waals surface area contributed by atoms with E-state index < -0.39 is 12.0 Å². The van der Waals surface area contributed by atoms with Crippen molar-refractivity contribution in [3.63, 3.8) is 0 Å². The fourth-order valence-corrected chi connectivity index (χ4v) is 2.87. The molecule has 10 heteroatoms. The van der Waals surface area contributed by atoms with E-state index >= 15 is 0 Å². The summed E-state index contributed by atoms with van der Waals surface area (Å²) in [5.74, 6) is 0.626. The van der Waals surface area contributed by atoms with E-state index in [1.807, 2.05) is 12.1 Å². The first-order valence-corrected chi connectivity index (χ1v) is 9.54. The largest absolute Gasteiger partial charge is 0.447 e. The second kappa shape index (κ2) is 8.27. The molecule has 0 unspecified atom stereocenters. The van der Waals surface area contributed by atoms with Gasteiger partial charge >= 0.3 is 6.09 Å². The molecule has 0 saturated heterocycles. The summed E-state index contributed by atoms with van der Waals surface area (Å²) in [5, 5.41) is 5.41. The summed E-state index contributed by atoms with van der Waals surface area (Å²) in [6.45, 7) is 5.21. The number of hydrogen-bond donors (Lipinski definition) is 2. The Labute approximate surface area is 177 Å². The Bertz CT molecular complexity index is 1260. The number of nitrogens with zero attached hydrogens (tertiary/aromatic N) is 4. The first-order chi connectivity index (χ1) is 14.9. The van der Waals surface area contributed by atoms with Gasteiger partial charge in [0, 0.05) is 30.6 Å². The summed E-state index contributed by atoms with van der Waals surface area (Å²) in [6.07, 6.45) is 5.58. The highest BCUT2D eigenvalue weighted by molar-refractivity contribution is 6.02. The van der Waals surface area contributed by atoms with Crippen LogP contribution in [-0.2, 0) is 4.74 Å². The molecule has 0 spiro atoms. The molecule has 3 heterocycles. The topological polar surface area (TPSA) is 124 Å². The van der Waals surface area contributed by atoms with E-state index in [4.69, 9.17) is 9.15 Å². The molecule has 0 saturated carbocycles. The van der Waals surface area contributed by atoms with Crippen molar-refractivity contribution in [2.45, 2.75) is 26.9 Å². The maximum Gasteiger partial charge on any atom is 0.411 e. The zero-order valence-electron chi connectivity index (χ0n) is 17.1. The molecule has 0 radical (unpaired) electrons. The van der Waals surface area contributed by atoms with E-state index in [9.17, 15) is 9.59 Å². The lowest BCUT2D eigenvalue weighted by Crippen LogP contribution is -2.18. The van der Waals surface area contributed by atoms with Gasteiger partial charge in [-0.25, -0.2) is 19.7 Å². The monoisotopic (exact) mass is 420 g/mol. The number of ether oxygens (including phenoxy) is 1. The lowest BCUT2D eigenvalue weighted by atomic mass is 10.1. The molecule has 4 aromatic rings. The van der Waals surface area contributed by atoms with Gasteiger partial charge in [-0.15, -0.1) is 0 Å². The van der Waals surface area contributed by atoms with Crippen LogP contribution < -0.4 is 10.6 Å². The second-order valence-corrected chi connectivity index (χ2v) is 7.03. The molecular weight excluding hydrogens is 400 g/mol. The molecule has 2 N–H and O–H groups in total. The summed E-state index contributed by atoms with van der Waals surface area (Å²) >= 11 is 0. The van der Waals surface area contributed by atoms with Crippen LogP contribution in [0.15, 0.2) is 53.5 Å². The first kappa shape index (κ1) is 20.1. The van der Waals surface area contributed by atoms with Gasteiger partial charge in [-0.3, -0.25) is 14.5 Å². The molecule has 0 fully saturated rings. The third kappa shape index (κ3) is 4.69. The van der Waals surface area contributed by atoms with Crippen molar-refractivity contribution in [2.75, 3.05) is 10.6 Å². The third-order valence-corrected chi connectivity index (χ3v) is 4.16. The number of oxazole rings is 1. The molecule has 0 aliphatic heterocycles. The van der Waals surface area contributed by atoms with Crippen LogP contribution in [-0.4, -0.2) is 37.5 Å². The quantitative estimate of drug-likeness (QED) is 0.502. The maximum atomic E-state index is 12.3. The van der Waals surface area contributed by atoms with Crippen LogP contribution in [0, 0.1) is 6.92 Å². The van der Waals surface area contributed by atoms with Crippen molar-refractivity contribution in [2.24, 2.45) is 0 Å². The van der Waals surface area contributed by atoms with Crippen molar-refractivity contribution < 1.29 is 18.7 Å². The van der Waals surface area contributed by atoms with Gasteiger partial charge in [0.1, 0.15) is 0 Å². The Hall–Kier alpha value is -4.21. The predicted molar refractivity (Wildman–Crippen MR) is 113 cm³/mol. The van der Waals surface area contributed by atoms with Crippen LogP contribution in [0.5, 0.6) is 0 Å². The third-order valence-electron chi connectivity index (χ3n) is 4.16. The second-order valence-electron chi connectivity index (χ2n) is 7.03. The molecule has 0 aliphatic rings. The maximum absolute atomic E-state index is 12.3. The number of aromatic nitrogens is 4. The summed E-state index contributed by atoms with van der Waals surface area (Å²) in [4.78, 5) is 36.8. The molecule has 0 atom stereocenters. The number of rotatable bonds is 5. The van der Waals surface area contributed by atoms with Crippen LogP contribution in [0.1, 0.15) is 30.3 Å². The zero-order valence-corrected chi connectivity index (χ0v) is 17.1. The van der Waals surface area contributed by atoms with E-state index in [-0.39, 0.29) is 11.9 Å². The number of anilines is 2. The molecular formula is C21H20N6O4. The molecule has 2 amide bonds. The number of hydrogen-bond acceptors (Lipinski definition) is 7. The number of carbonyl (C=O) groups excluding carboxylic acids is 2. The number of nitrogens with one attached hydrogen (secondary N) is 2. The summed E-state index contributed by atoms with van der Waals surface area (Å²) in [5.41, 5.74) is 2.50. The predicted octanol–water partition coefficient (Wildman–Crippen LogP) is 3.90. The number of aryl methyl sites for hydroxylation is 1. The van der Waals surface area contributed by atoms with Crippen molar-refractivity contribution in [1.82, 2.24) is 19.4 Å². The Morgan fingerprint density at radius 2 is 1.94 bits per heavy atom. The number of benzene rings is 1. The minimum atomic E-state index is -0.554. The van der Waals surface area contributed by atoms with Gasteiger partial charge in [0.2, 0.25) is 11.5 Å². The van der Waals surface area contributed by atoms with Gasteiger partial charge in [0.15, 0.2) is 5.89 Å². The van der Waals surface area contributed by atoms with Gasteiger partial charge in [-0.2, -0.15) is 0 Å². The number of imidazole rings is 1. The van der Waals surface area contributed by atoms with E-state index in [0.717, 1.165) is 5.56 Å². The van der Waals surface area contributed by atoms with Gasteiger partial charge in [-0.1, -0.05) is 12.1 Å². The molecule has 31 heavy (non-hydrogen) atoms. The van der Waals surface area contributed by atoms with Crippen LogP contribution >= 0.6 is 0 Å². The van der Waals surface area contributed by atoms with Gasteiger partial charge in [-0.05, 0) is 26.0 Å². The number of amides is 2. The summed E-state index contributed by atoms with van der Waals surface area (Å²) in [6, 6.07) is 7.24. The average molecular weight is 420 g/mol. The molecule has 0 bridgehead atoms. The molecule has 10 nitrogen and oxygen atoms in total. The molecule has 4 rings (SSSR count). The van der Waals surface area contributed by atoms with E-state index in [1.54, 1.807) is 49.7 Å². The molecule has 1 aromatic carbocycles. The Morgan fingerprint density at radius 1 is 1.10 bits per heavy atom. The smallest absolute Gasteiger partial charge is 0.411 e. The van der Waals surface area contributed by atoms with Crippen LogP contribution in [0.4, 0.5) is 16.2 Å². The van der Waals surface area contributed by atoms with Crippen molar-refractivity contribution in [3.8, 4) is 11.3 Å². The zero-order chi connectivity index (χ0) is 22.0. The fraction of sp³-hybridized carbons (Fsp3) is 0.190. The van der Waals surface area contributed by atoms with Crippen LogP contribution in [0.25, 0.3) is 17.0 Å². The minimum absolute atomic E-state index is 0.135. The SMILES string of the molecule is Cc1ncc(C(=O)Nc2cccc(-c3cn4cc(NC(=O)OC(C)C)cnc4n3)c2)o1. The normalized spacial score (nSPS) is 11.0. The fourth-order valence-electron chi connectivity index (χ4n) is 2.87. The highest BCUT2D eigenvalue weighted by Gasteiger charge is 2.13.